The predicted octanol–water partition coefficient (Wildman–Crippen LogP) is 7.06. The van der Waals surface area contributed by atoms with E-state index in [-0.39, 0.29) is 5.75 Å². The smallest absolute Gasteiger partial charge is 0.130 e. The van der Waals surface area contributed by atoms with Gasteiger partial charge in [0, 0.05) is 22.2 Å². The van der Waals surface area contributed by atoms with Gasteiger partial charge >= 0.3 is 0 Å². The summed E-state index contributed by atoms with van der Waals surface area (Å²) in [4.78, 5) is 0. The predicted molar refractivity (Wildman–Crippen MR) is 101 cm³/mol. The molecule has 0 saturated heterocycles. The van der Waals surface area contributed by atoms with Crippen LogP contribution >= 0.6 is 47.8 Å². The second-order valence-electron chi connectivity index (χ2n) is 4.72. The molecular weight excluding hydrogens is 464 g/mol. The van der Waals surface area contributed by atoms with Crippen LogP contribution < -0.4 is 0 Å². The molecule has 0 bridgehead atoms. The van der Waals surface area contributed by atoms with Crippen LogP contribution in [0.15, 0.2) is 25.6 Å². The molecule has 0 aromatic heterocycles. The normalized spacial score (nSPS) is 10.1. The Morgan fingerprint density at radius 1 is 0.857 bits per heavy atom. The maximum atomic E-state index is 9.13. The molecule has 2 nitrogen and oxygen atoms in total. The lowest BCUT2D eigenvalue weighted by atomic mass is 10.2. The van der Waals surface area contributed by atoms with Crippen LogP contribution in [0.25, 0.3) is 0 Å². The standard InChI is InChI=1S/C10H22O.C6H3Br3O/c1-3-5-7-9-11-10-8-6-4-2;7-3-1-2-4(10)6(9)5(3)8/h3-10H2,1-2H3;1-2,10H. The SMILES string of the molecule is CCCCCOCCCCC.Oc1ccc(Br)c(Br)c1Br. The molecule has 0 fully saturated rings. The zero-order valence-electron chi connectivity index (χ0n) is 12.8. The molecule has 0 amide bonds. The van der Waals surface area contributed by atoms with Crippen LogP contribution in [0.5, 0.6) is 5.75 Å². The van der Waals surface area contributed by atoms with Crippen molar-refractivity contribution < 1.29 is 9.84 Å². The quantitative estimate of drug-likeness (QED) is 0.313. The monoisotopic (exact) mass is 486 g/mol. The summed E-state index contributed by atoms with van der Waals surface area (Å²) in [5, 5.41) is 9.13. The molecule has 1 aromatic rings. The molecule has 0 aliphatic carbocycles. The van der Waals surface area contributed by atoms with Gasteiger partial charge in [0.1, 0.15) is 5.75 Å². The lowest BCUT2D eigenvalue weighted by Crippen LogP contribution is -1.96. The highest BCUT2D eigenvalue weighted by Gasteiger charge is 2.04. The van der Waals surface area contributed by atoms with Crippen molar-refractivity contribution in [3.05, 3.63) is 25.6 Å². The van der Waals surface area contributed by atoms with E-state index in [0.717, 1.165) is 22.2 Å². The largest absolute Gasteiger partial charge is 0.507 e. The second-order valence-corrected chi connectivity index (χ2v) is 7.16. The first kappa shape index (κ1) is 21.4. The first-order chi connectivity index (χ1) is 10.0. The molecule has 0 heterocycles. The molecule has 122 valence electrons. The number of phenols is 1. The lowest BCUT2D eigenvalue weighted by molar-refractivity contribution is 0.126. The molecule has 1 rings (SSSR count). The molecular formula is C16H25Br3O2. The van der Waals surface area contributed by atoms with Crippen molar-refractivity contribution in [2.45, 2.75) is 52.4 Å². The van der Waals surface area contributed by atoms with Gasteiger partial charge in [0.05, 0.1) is 4.47 Å². The number of hydrogen-bond acceptors (Lipinski definition) is 2. The molecule has 1 aromatic carbocycles. The molecule has 0 saturated carbocycles. The van der Waals surface area contributed by atoms with Crippen LogP contribution in [-0.4, -0.2) is 18.3 Å². The van der Waals surface area contributed by atoms with Crippen molar-refractivity contribution in [2.75, 3.05) is 13.2 Å². The van der Waals surface area contributed by atoms with Crippen LogP contribution in [-0.2, 0) is 4.74 Å². The molecule has 1 N–H and O–H groups in total. The van der Waals surface area contributed by atoms with Gasteiger partial charge in [-0.05, 0) is 72.8 Å². The Bertz CT molecular complexity index is 349. The van der Waals surface area contributed by atoms with E-state index in [0.29, 0.717) is 4.47 Å². The summed E-state index contributed by atoms with van der Waals surface area (Å²) in [6.45, 7) is 6.38. The van der Waals surface area contributed by atoms with E-state index < -0.39 is 0 Å². The number of halogens is 3. The summed E-state index contributed by atoms with van der Waals surface area (Å²) in [5.41, 5.74) is 0. The Kier molecular flexibility index (Phi) is 14.3. The van der Waals surface area contributed by atoms with Crippen molar-refractivity contribution in [1.29, 1.82) is 0 Å². The minimum atomic E-state index is 0.232. The summed E-state index contributed by atoms with van der Waals surface area (Å²) >= 11 is 9.77. The first-order valence-corrected chi connectivity index (χ1v) is 9.82. The number of benzene rings is 1. The van der Waals surface area contributed by atoms with E-state index >= 15 is 0 Å². The van der Waals surface area contributed by atoms with Gasteiger partial charge in [-0.15, -0.1) is 0 Å². The fourth-order valence-electron chi connectivity index (χ4n) is 1.53. The van der Waals surface area contributed by atoms with Crippen molar-refractivity contribution >= 4 is 47.8 Å². The highest BCUT2D eigenvalue weighted by atomic mass is 79.9. The van der Waals surface area contributed by atoms with E-state index in [2.05, 4.69) is 61.6 Å². The van der Waals surface area contributed by atoms with Gasteiger partial charge in [0.15, 0.2) is 0 Å². The number of hydrogen-bond donors (Lipinski definition) is 1. The molecule has 5 heteroatoms. The second kappa shape index (κ2) is 14.0. The van der Waals surface area contributed by atoms with Crippen LogP contribution in [0.3, 0.4) is 0 Å². The van der Waals surface area contributed by atoms with Gasteiger partial charge in [-0.1, -0.05) is 39.5 Å². The fourth-order valence-corrected chi connectivity index (χ4v) is 2.80. The van der Waals surface area contributed by atoms with Gasteiger partial charge in [0.2, 0.25) is 0 Å². The average Bonchev–Trinajstić information content (AvgIpc) is 2.49. The molecule has 21 heavy (non-hydrogen) atoms. The minimum absolute atomic E-state index is 0.232. The Balaban J connectivity index is 0.000000382. The minimum Gasteiger partial charge on any atom is -0.507 e. The zero-order valence-corrected chi connectivity index (χ0v) is 17.6. The van der Waals surface area contributed by atoms with E-state index in [1.54, 1.807) is 12.1 Å². The summed E-state index contributed by atoms with van der Waals surface area (Å²) in [6.07, 6.45) is 7.68. The van der Waals surface area contributed by atoms with Crippen LogP contribution in [0, 0.1) is 0 Å². The molecule has 0 spiro atoms. The zero-order chi connectivity index (χ0) is 16.1. The highest BCUT2D eigenvalue weighted by molar-refractivity contribution is 9.14. The molecule has 0 aliphatic rings. The number of unbranched alkanes of at least 4 members (excludes halogenated alkanes) is 4. The Labute approximate surface area is 154 Å². The Hall–Kier alpha value is 0.420. The van der Waals surface area contributed by atoms with E-state index in [4.69, 9.17) is 9.84 Å². The summed E-state index contributed by atoms with van der Waals surface area (Å²) < 4.78 is 7.85. The Morgan fingerprint density at radius 2 is 1.38 bits per heavy atom. The highest BCUT2D eigenvalue weighted by Crippen LogP contribution is 2.36. The summed E-state index contributed by atoms with van der Waals surface area (Å²) in [6, 6.07) is 3.38. The summed E-state index contributed by atoms with van der Waals surface area (Å²) in [7, 11) is 0. The van der Waals surface area contributed by atoms with Crippen LogP contribution in [0.4, 0.5) is 0 Å². The fraction of sp³-hybridized carbons (Fsp3) is 0.625. The van der Waals surface area contributed by atoms with Gasteiger partial charge in [-0.2, -0.15) is 0 Å². The molecule has 0 radical (unpaired) electrons. The first-order valence-electron chi connectivity index (χ1n) is 7.44. The number of rotatable bonds is 8. The third kappa shape index (κ3) is 10.7. The number of aromatic hydroxyl groups is 1. The van der Waals surface area contributed by atoms with E-state index in [1.165, 1.54) is 38.5 Å². The third-order valence-electron chi connectivity index (χ3n) is 2.80. The maximum Gasteiger partial charge on any atom is 0.130 e. The molecule has 0 unspecified atom stereocenters. The topological polar surface area (TPSA) is 29.5 Å². The van der Waals surface area contributed by atoms with E-state index in [9.17, 15) is 0 Å². The molecule has 0 aliphatic heterocycles. The number of phenolic OH excluding ortho intramolecular Hbond substituents is 1. The van der Waals surface area contributed by atoms with Crippen molar-refractivity contribution in [1.82, 2.24) is 0 Å². The number of ether oxygens (including phenoxy) is 1. The third-order valence-corrected chi connectivity index (χ3v) is 6.15. The van der Waals surface area contributed by atoms with Crippen LogP contribution in [0.1, 0.15) is 52.4 Å². The van der Waals surface area contributed by atoms with E-state index in [1.807, 2.05) is 0 Å². The Morgan fingerprint density at radius 3 is 1.81 bits per heavy atom. The average molecular weight is 489 g/mol. The summed E-state index contributed by atoms with van der Waals surface area (Å²) in [5.74, 6) is 0.232. The van der Waals surface area contributed by atoms with Crippen molar-refractivity contribution in [3.63, 3.8) is 0 Å². The van der Waals surface area contributed by atoms with Gasteiger partial charge in [0.25, 0.3) is 0 Å². The van der Waals surface area contributed by atoms with Gasteiger partial charge < -0.3 is 9.84 Å². The van der Waals surface area contributed by atoms with Crippen LogP contribution in [0.2, 0.25) is 0 Å². The van der Waals surface area contributed by atoms with Crippen molar-refractivity contribution in [2.24, 2.45) is 0 Å². The van der Waals surface area contributed by atoms with Gasteiger partial charge in [-0.3, -0.25) is 0 Å². The lowest BCUT2D eigenvalue weighted by Gasteiger charge is -2.01. The maximum absolute atomic E-state index is 9.13. The van der Waals surface area contributed by atoms with Gasteiger partial charge in [-0.25, -0.2) is 0 Å². The molecule has 0 atom stereocenters. The van der Waals surface area contributed by atoms with Crippen molar-refractivity contribution in [3.8, 4) is 5.75 Å².